The van der Waals surface area contributed by atoms with Gasteiger partial charge in [0.1, 0.15) is 5.76 Å². The highest BCUT2D eigenvalue weighted by molar-refractivity contribution is 6.30. The number of rotatable bonds is 6. The van der Waals surface area contributed by atoms with Crippen LogP contribution in [0.4, 0.5) is 5.69 Å². The molecule has 2 aliphatic heterocycles. The van der Waals surface area contributed by atoms with Crippen molar-refractivity contribution in [2.45, 2.75) is 38.1 Å². The Labute approximate surface area is 187 Å². The molecule has 2 aromatic carbocycles. The lowest BCUT2D eigenvalue weighted by molar-refractivity contribution is -0.117. The summed E-state index contributed by atoms with van der Waals surface area (Å²) in [5.74, 6) is 0.582. The molecule has 0 aliphatic carbocycles. The molecule has 0 saturated carbocycles. The number of halogens is 1. The Bertz CT molecular complexity index is 1060. The van der Waals surface area contributed by atoms with Gasteiger partial charge in [0.25, 0.3) is 5.91 Å². The van der Waals surface area contributed by atoms with Gasteiger partial charge in [-0.15, -0.1) is 0 Å². The molecular weight excluding hydrogens is 410 g/mol. The minimum absolute atomic E-state index is 0.0804. The molecule has 31 heavy (non-hydrogen) atoms. The molecule has 2 aromatic rings. The summed E-state index contributed by atoms with van der Waals surface area (Å²) in [4.78, 5) is 15.6. The van der Waals surface area contributed by atoms with Gasteiger partial charge in [0.05, 0.1) is 35.8 Å². The van der Waals surface area contributed by atoms with Crippen molar-refractivity contribution >= 4 is 23.2 Å². The molecule has 0 radical (unpaired) electrons. The van der Waals surface area contributed by atoms with E-state index in [-0.39, 0.29) is 5.91 Å². The number of ether oxygens (including phenoxy) is 1. The second-order valence-electron chi connectivity index (χ2n) is 7.84. The van der Waals surface area contributed by atoms with E-state index >= 15 is 0 Å². The first-order valence-corrected chi connectivity index (χ1v) is 10.7. The number of benzene rings is 2. The molecule has 0 fully saturated rings. The summed E-state index contributed by atoms with van der Waals surface area (Å²) in [5, 5.41) is 19.5. The number of anilines is 1. The maximum Gasteiger partial charge on any atom is 0.258 e. The molecule has 1 amide bonds. The number of hydrogen-bond donors (Lipinski definition) is 0. The average molecular weight is 432 g/mol. The molecule has 0 bridgehead atoms. The SMILES string of the molecule is N#CCCC1(CCC#N)C2=C(CCO2)C(=O)N(c2ccccc2)C1c1ccc(Cl)cc1. The van der Waals surface area contributed by atoms with E-state index in [4.69, 9.17) is 16.3 Å². The van der Waals surface area contributed by atoms with Gasteiger partial charge in [-0.1, -0.05) is 41.9 Å². The third kappa shape index (κ3) is 3.67. The predicted molar refractivity (Wildman–Crippen MR) is 118 cm³/mol. The second kappa shape index (κ2) is 8.84. The maximum absolute atomic E-state index is 13.7. The van der Waals surface area contributed by atoms with Crippen LogP contribution in [0.25, 0.3) is 0 Å². The van der Waals surface area contributed by atoms with Gasteiger partial charge in [-0.25, -0.2) is 0 Å². The van der Waals surface area contributed by atoms with Gasteiger partial charge in [0, 0.05) is 30.0 Å². The summed E-state index contributed by atoms with van der Waals surface area (Å²) < 4.78 is 6.08. The summed E-state index contributed by atoms with van der Waals surface area (Å²) >= 11 is 6.16. The molecule has 0 spiro atoms. The molecule has 0 saturated heterocycles. The van der Waals surface area contributed by atoms with Gasteiger partial charge in [-0.2, -0.15) is 10.5 Å². The lowest BCUT2D eigenvalue weighted by atomic mass is 9.65. The van der Waals surface area contributed by atoms with Gasteiger partial charge in [-0.05, 0) is 42.7 Å². The highest BCUT2D eigenvalue weighted by Crippen LogP contribution is 2.58. The smallest absolute Gasteiger partial charge is 0.258 e. The van der Waals surface area contributed by atoms with Crippen LogP contribution in [0.3, 0.4) is 0 Å². The van der Waals surface area contributed by atoms with Crippen LogP contribution in [0.1, 0.15) is 43.7 Å². The fraction of sp³-hybridized carbons (Fsp3) is 0.320. The molecule has 0 aromatic heterocycles. The van der Waals surface area contributed by atoms with Gasteiger partial charge >= 0.3 is 0 Å². The highest BCUT2D eigenvalue weighted by atomic mass is 35.5. The number of amides is 1. The fourth-order valence-electron chi connectivity index (χ4n) is 4.89. The number of carbonyl (C=O) groups is 1. The van der Waals surface area contributed by atoms with Crippen molar-refractivity contribution < 1.29 is 9.53 Å². The number of carbonyl (C=O) groups excluding carboxylic acids is 1. The molecule has 2 aliphatic rings. The van der Waals surface area contributed by atoms with Crippen LogP contribution in [0.15, 0.2) is 65.9 Å². The van der Waals surface area contributed by atoms with Crippen LogP contribution in [-0.2, 0) is 9.53 Å². The molecule has 156 valence electrons. The summed E-state index contributed by atoms with van der Waals surface area (Å²) in [6.07, 6.45) is 2.12. The van der Waals surface area contributed by atoms with Crippen molar-refractivity contribution in [3.63, 3.8) is 0 Å². The first-order valence-electron chi connectivity index (χ1n) is 10.4. The van der Waals surface area contributed by atoms with Crippen molar-refractivity contribution in [1.82, 2.24) is 0 Å². The Hall–Kier alpha value is -3.28. The molecule has 0 N–H and O–H groups in total. The standard InChI is InChI=1S/C25H22ClN3O2/c26-19-10-8-18(9-11-19)22-25(13-4-15-27,14-5-16-28)23-21(12-17-31-23)24(30)29(22)20-6-2-1-3-7-20/h1-3,6-11,22H,4-5,12-14,17H2. The van der Waals surface area contributed by atoms with E-state index in [2.05, 4.69) is 12.1 Å². The van der Waals surface area contributed by atoms with Crippen LogP contribution in [0.2, 0.25) is 5.02 Å². The number of nitrogens with zero attached hydrogens (tertiary/aromatic N) is 3. The van der Waals surface area contributed by atoms with Gasteiger partial charge in [0.2, 0.25) is 0 Å². The van der Waals surface area contributed by atoms with E-state index in [1.807, 2.05) is 59.5 Å². The van der Waals surface area contributed by atoms with E-state index in [0.717, 1.165) is 11.3 Å². The van der Waals surface area contributed by atoms with E-state index < -0.39 is 11.5 Å². The van der Waals surface area contributed by atoms with Crippen LogP contribution >= 0.6 is 11.6 Å². The third-order valence-corrected chi connectivity index (χ3v) is 6.42. The second-order valence-corrected chi connectivity index (χ2v) is 8.28. The Balaban J connectivity index is 1.99. The molecular formula is C25H22ClN3O2. The van der Waals surface area contributed by atoms with Crippen molar-refractivity contribution in [1.29, 1.82) is 10.5 Å². The summed E-state index contributed by atoms with van der Waals surface area (Å²) in [6.45, 7) is 0.438. The molecule has 6 heteroatoms. The van der Waals surface area contributed by atoms with Crippen LogP contribution in [0.5, 0.6) is 0 Å². The highest BCUT2D eigenvalue weighted by Gasteiger charge is 2.55. The first kappa shape index (κ1) is 21.0. The van der Waals surface area contributed by atoms with Crippen LogP contribution in [-0.4, -0.2) is 12.5 Å². The van der Waals surface area contributed by atoms with E-state index in [9.17, 15) is 15.3 Å². The minimum Gasteiger partial charge on any atom is -0.496 e. The quantitative estimate of drug-likeness (QED) is 0.588. The first-order chi connectivity index (χ1) is 15.1. The average Bonchev–Trinajstić information content (AvgIpc) is 3.30. The Kier molecular flexibility index (Phi) is 5.98. The zero-order chi connectivity index (χ0) is 21.8. The molecule has 1 atom stereocenters. The molecule has 5 nitrogen and oxygen atoms in total. The maximum atomic E-state index is 13.7. The predicted octanol–water partition coefficient (Wildman–Crippen LogP) is 5.70. The molecule has 2 heterocycles. The zero-order valence-electron chi connectivity index (χ0n) is 17.1. The van der Waals surface area contributed by atoms with Crippen LogP contribution < -0.4 is 4.90 Å². The number of para-hydroxylation sites is 1. The molecule has 1 unspecified atom stereocenters. The van der Waals surface area contributed by atoms with Crippen molar-refractivity contribution in [3.05, 3.63) is 76.5 Å². The van der Waals surface area contributed by atoms with Crippen molar-refractivity contribution in [2.75, 3.05) is 11.5 Å². The van der Waals surface area contributed by atoms with Crippen molar-refractivity contribution in [3.8, 4) is 12.1 Å². The Morgan fingerprint density at radius 3 is 2.29 bits per heavy atom. The lowest BCUT2D eigenvalue weighted by Gasteiger charge is -2.49. The normalized spacial score (nSPS) is 19.4. The van der Waals surface area contributed by atoms with Crippen LogP contribution in [0, 0.1) is 28.1 Å². The van der Waals surface area contributed by atoms with E-state index in [0.29, 0.717) is 55.1 Å². The summed E-state index contributed by atoms with van der Waals surface area (Å²) in [6, 6.07) is 21.1. The van der Waals surface area contributed by atoms with Gasteiger partial charge < -0.3 is 9.64 Å². The van der Waals surface area contributed by atoms with Gasteiger partial charge in [-0.3, -0.25) is 4.79 Å². The minimum atomic E-state index is -0.672. The topological polar surface area (TPSA) is 77.1 Å². The summed E-state index contributed by atoms with van der Waals surface area (Å²) in [5.41, 5.74) is 1.67. The fourth-order valence-corrected chi connectivity index (χ4v) is 5.02. The summed E-state index contributed by atoms with van der Waals surface area (Å²) in [7, 11) is 0. The van der Waals surface area contributed by atoms with Gasteiger partial charge in [0.15, 0.2) is 0 Å². The lowest BCUT2D eigenvalue weighted by Crippen LogP contribution is -2.50. The number of hydrogen-bond acceptors (Lipinski definition) is 4. The monoisotopic (exact) mass is 431 g/mol. The van der Waals surface area contributed by atoms with E-state index in [1.54, 1.807) is 0 Å². The zero-order valence-corrected chi connectivity index (χ0v) is 17.8. The van der Waals surface area contributed by atoms with E-state index in [1.165, 1.54) is 0 Å². The van der Waals surface area contributed by atoms with Crippen molar-refractivity contribution in [2.24, 2.45) is 5.41 Å². The largest absolute Gasteiger partial charge is 0.496 e. The molecule has 4 rings (SSSR count). The number of nitriles is 2. The Morgan fingerprint density at radius 1 is 1.03 bits per heavy atom. The third-order valence-electron chi connectivity index (χ3n) is 6.17. The Morgan fingerprint density at radius 2 is 1.68 bits per heavy atom.